The average molecular weight is 658 g/mol. The molecule has 0 saturated carbocycles. The number of ether oxygens (including phenoxy) is 2. The van der Waals surface area contributed by atoms with Crippen LogP contribution in [0.4, 0.5) is 5.82 Å². The fourth-order valence-corrected chi connectivity index (χ4v) is 7.51. The third kappa shape index (κ3) is 8.71. The van der Waals surface area contributed by atoms with Crippen LogP contribution in [0, 0.1) is 5.41 Å². The quantitative estimate of drug-likeness (QED) is 0.144. The molecule has 2 aromatic heterocycles. The molecule has 3 rings (SSSR count). The van der Waals surface area contributed by atoms with E-state index in [0.29, 0.717) is 16.9 Å². The average Bonchev–Trinajstić information content (AvgIpc) is 3.40. The molecule has 2 aromatic rings. The number of fused-ring (bicyclic) bond motifs is 1. The van der Waals surface area contributed by atoms with Gasteiger partial charge in [-0.1, -0.05) is 55.7 Å². The van der Waals surface area contributed by atoms with Crippen molar-refractivity contribution in [3.05, 3.63) is 12.7 Å². The molecule has 0 spiro atoms. The number of thioether (sulfide) groups is 1. The molecular formula is C23H35Cl2N6O6PS2. The first-order valence-corrected chi connectivity index (χ1v) is 16.9. The molecule has 0 aliphatic carbocycles. The zero-order valence-electron chi connectivity index (χ0n) is 23.1. The molecule has 40 heavy (non-hydrogen) atoms. The maximum atomic E-state index is 12.5. The number of nitrogens with one attached hydrogen (secondary N) is 1. The molecule has 4 atom stereocenters. The van der Waals surface area contributed by atoms with Gasteiger partial charge in [0.25, 0.3) is 6.64 Å². The van der Waals surface area contributed by atoms with E-state index in [2.05, 4.69) is 20.0 Å². The standard InChI is InChI=1S/C23H35Cl2N6O6PS2/c1-13(2)36-19(32)14(3)30-38(39,34-7-8-40-21(33)22(4,5)6)35-10-15-9-23(24,25)20(37-15)31-12-29-16-17(26)27-11-28-18(16)31/h11-15,20H,7-10H2,1-6H3,(H,30,39)(H2,26,27,28)/t14-,15+,20-,38-/m1/s1. The fourth-order valence-electron chi connectivity index (χ4n) is 3.57. The number of alkyl halides is 2. The van der Waals surface area contributed by atoms with Crippen molar-refractivity contribution in [1.82, 2.24) is 24.6 Å². The molecule has 1 fully saturated rings. The summed E-state index contributed by atoms with van der Waals surface area (Å²) in [6.45, 7) is 7.47. The SMILES string of the molecule is CC(C)OC(=O)[C@@H](C)N[P@@](=S)(OCCSC(=O)C(C)(C)C)OC[C@@H]1CC(Cl)(Cl)[C@H](n2cnc3c(N)ncnc32)O1. The van der Waals surface area contributed by atoms with Gasteiger partial charge in [0, 0.05) is 17.6 Å². The highest BCUT2D eigenvalue weighted by molar-refractivity contribution is 8.13. The summed E-state index contributed by atoms with van der Waals surface area (Å²) in [5.41, 5.74) is 6.22. The first-order valence-electron chi connectivity index (χ1n) is 12.5. The number of hydrogen-bond acceptors (Lipinski definition) is 12. The van der Waals surface area contributed by atoms with Crippen LogP contribution >= 0.6 is 41.6 Å². The molecule has 0 unspecified atom stereocenters. The minimum absolute atomic E-state index is 0.0252. The van der Waals surface area contributed by atoms with E-state index >= 15 is 0 Å². The van der Waals surface area contributed by atoms with E-state index in [9.17, 15) is 9.59 Å². The fraction of sp³-hybridized carbons (Fsp3) is 0.696. The maximum absolute atomic E-state index is 12.5. The topological polar surface area (TPSA) is 153 Å². The number of imidazole rings is 1. The zero-order valence-corrected chi connectivity index (χ0v) is 27.2. The second kappa shape index (κ2) is 13.5. The lowest BCUT2D eigenvalue weighted by atomic mass is 10.00. The minimum Gasteiger partial charge on any atom is -0.462 e. The normalized spacial score (nSPS) is 21.4. The molecule has 0 aromatic carbocycles. The number of anilines is 1. The van der Waals surface area contributed by atoms with E-state index in [4.69, 9.17) is 59.3 Å². The molecule has 1 saturated heterocycles. The van der Waals surface area contributed by atoms with Crippen LogP contribution in [0.5, 0.6) is 0 Å². The molecule has 0 radical (unpaired) electrons. The lowest BCUT2D eigenvalue weighted by Gasteiger charge is -2.27. The smallest absolute Gasteiger partial charge is 0.323 e. The molecular weight excluding hydrogens is 622 g/mol. The van der Waals surface area contributed by atoms with Crippen LogP contribution in [0.15, 0.2) is 12.7 Å². The van der Waals surface area contributed by atoms with Crippen LogP contribution in [0.3, 0.4) is 0 Å². The number of nitrogens with zero attached hydrogens (tertiary/aromatic N) is 4. The number of rotatable bonds is 12. The van der Waals surface area contributed by atoms with E-state index in [1.54, 1.807) is 25.3 Å². The Balaban J connectivity index is 1.69. The zero-order chi connectivity index (χ0) is 29.9. The Morgan fingerprint density at radius 3 is 2.65 bits per heavy atom. The predicted molar refractivity (Wildman–Crippen MR) is 160 cm³/mol. The molecule has 0 amide bonds. The second-order valence-corrected chi connectivity index (χ2v) is 16.3. The van der Waals surface area contributed by atoms with Gasteiger partial charge in [0.15, 0.2) is 27.1 Å². The third-order valence-electron chi connectivity index (χ3n) is 5.50. The molecule has 17 heteroatoms. The number of aromatic nitrogens is 4. The number of carbonyl (C=O) groups is 2. The van der Waals surface area contributed by atoms with Gasteiger partial charge in [0.05, 0.1) is 31.7 Å². The van der Waals surface area contributed by atoms with Crippen molar-refractivity contribution in [2.24, 2.45) is 5.41 Å². The van der Waals surface area contributed by atoms with Gasteiger partial charge in [-0.25, -0.2) is 20.0 Å². The van der Waals surface area contributed by atoms with E-state index < -0.39 is 40.7 Å². The van der Waals surface area contributed by atoms with Gasteiger partial charge >= 0.3 is 5.97 Å². The second-order valence-electron chi connectivity index (χ2n) is 10.5. The number of halogens is 2. The van der Waals surface area contributed by atoms with Gasteiger partial charge in [-0.15, -0.1) is 0 Å². The lowest BCUT2D eigenvalue weighted by Crippen LogP contribution is -2.36. The van der Waals surface area contributed by atoms with Crippen molar-refractivity contribution in [1.29, 1.82) is 0 Å². The Morgan fingerprint density at radius 2 is 2.00 bits per heavy atom. The highest BCUT2D eigenvalue weighted by Crippen LogP contribution is 2.50. The van der Waals surface area contributed by atoms with Crippen molar-refractivity contribution in [3.63, 3.8) is 0 Å². The summed E-state index contributed by atoms with van der Waals surface area (Å²) in [7, 11) is 0. The molecule has 3 N–H and O–H groups in total. The largest absolute Gasteiger partial charge is 0.462 e. The van der Waals surface area contributed by atoms with Gasteiger partial charge in [-0.3, -0.25) is 14.2 Å². The Hall–Kier alpha value is -1.09. The summed E-state index contributed by atoms with van der Waals surface area (Å²) in [4.78, 5) is 37.1. The lowest BCUT2D eigenvalue weighted by molar-refractivity contribution is -0.149. The minimum atomic E-state index is -3.26. The molecule has 224 valence electrons. The van der Waals surface area contributed by atoms with Crippen molar-refractivity contribution in [3.8, 4) is 0 Å². The molecule has 1 aliphatic rings. The summed E-state index contributed by atoms with van der Waals surface area (Å²) in [6.07, 6.45) is 1.25. The van der Waals surface area contributed by atoms with Crippen molar-refractivity contribution < 1.29 is 28.1 Å². The van der Waals surface area contributed by atoms with Crippen LogP contribution in [0.1, 0.15) is 54.2 Å². The summed E-state index contributed by atoms with van der Waals surface area (Å²) < 4.78 is 23.7. The first-order chi connectivity index (χ1) is 18.5. The van der Waals surface area contributed by atoms with Gasteiger partial charge in [-0.05, 0) is 32.6 Å². The highest BCUT2D eigenvalue weighted by atomic mass is 35.5. The summed E-state index contributed by atoms with van der Waals surface area (Å²) in [5.74, 6) is 0.0739. The summed E-state index contributed by atoms with van der Waals surface area (Å²) in [5, 5.41) is 3.00. The Kier molecular flexibility index (Phi) is 11.3. The third-order valence-corrected chi connectivity index (χ3v) is 10.1. The van der Waals surface area contributed by atoms with Crippen LogP contribution in [0.25, 0.3) is 11.2 Å². The van der Waals surface area contributed by atoms with Gasteiger partial charge in [-0.2, -0.15) is 0 Å². The number of nitrogens with two attached hydrogens (primary N) is 1. The van der Waals surface area contributed by atoms with Gasteiger partial charge in [0.2, 0.25) is 0 Å². The first kappa shape index (κ1) is 33.4. The molecule has 12 nitrogen and oxygen atoms in total. The van der Waals surface area contributed by atoms with E-state index in [1.165, 1.54) is 12.7 Å². The van der Waals surface area contributed by atoms with Crippen LogP contribution in [0.2, 0.25) is 0 Å². The summed E-state index contributed by atoms with van der Waals surface area (Å²) >= 11 is 20.2. The van der Waals surface area contributed by atoms with E-state index in [1.807, 2.05) is 20.8 Å². The van der Waals surface area contributed by atoms with Crippen LogP contribution < -0.4 is 10.8 Å². The molecule has 3 heterocycles. The van der Waals surface area contributed by atoms with Gasteiger partial charge in [0.1, 0.15) is 17.9 Å². The van der Waals surface area contributed by atoms with Crippen LogP contribution in [-0.4, -0.2) is 72.2 Å². The van der Waals surface area contributed by atoms with Crippen LogP contribution in [-0.2, 0) is 39.9 Å². The molecule has 0 bridgehead atoms. The number of carbonyl (C=O) groups excluding carboxylic acids is 2. The van der Waals surface area contributed by atoms with E-state index in [-0.39, 0.29) is 36.7 Å². The van der Waals surface area contributed by atoms with Crippen molar-refractivity contribution >= 4 is 81.5 Å². The van der Waals surface area contributed by atoms with Gasteiger partial charge < -0.3 is 24.3 Å². The Bertz CT molecular complexity index is 1260. The van der Waals surface area contributed by atoms with Crippen molar-refractivity contribution in [2.75, 3.05) is 24.7 Å². The Labute approximate surface area is 253 Å². The van der Waals surface area contributed by atoms with Crippen molar-refractivity contribution in [2.45, 2.75) is 76.8 Å². The summed E-state index contributed by atoms with van der Waals surface area (Å²) in [6, 6.07) is -0.808. The number of nitrogen functional groups attached to an aromatic ring is 1. The Morgan fingerprint density at radius 1 is 1.30 bits per heavy atom. The maximum Gasteiger partial charge on any atom is 0.323 e. The highest BCUT2D eigenvalue weighted by Gasteiger charge is 2.48. The number of hydrogen-bond donors (Lipinski definition) is 2. The number of esters is 1. The molecule has 1 aliphatic heterocycles. The van der Waals surface area contributed by atoms with E-state index in [0.717, 1.165) is 11.8 Å². The monoisotopic (exact) mass is 656 g/mol. The predicted octanol–water partition coefficient (Wildman–Crippen LogP) is 4.36.